The lowest BCUT2D eigenvalue weighted by Crippen LogP contribution is -2.65. The third-order valence-electron chi connectivity index (χ3n) is 11.6. The largest absolute Gasteiger partial charge is 0.394 e. The fourth-order valence-electron chi connectivity index (χ4n) is 7.64. The van der Waals surface area contributed by atoms with E-state index in [1.807, 2.05) is 6.08 Å². The summed E-state index contributed by atoms with van der Waals surface area (Å²) >= 11 is 0. The first-order chi connectivity index (χ1) is 29.6. The Balaban J connectivity index is 1.60. The second kappa shape index (κ2) is 34.6. The summed E-state index contributed by atoms with van der Waals surface area (Å²) in [5, 5.41) is 85.3. The molecule has 14 nitrogen and oxygen atoms in total. The van der Waals surface area contributed by atoms with E-state index in [2.05, 4.69) is 36.5 Å². The minimum absolute atomic E-state index is 0.150. The minimum atomic E-state index is -1.79. The molecule has 61 heavy (non-hydrogen) atoms. The van der Waals surface area contributed by atoms with Crippen molar-refractivity contribution in [3.63, 3.8) is 0 Å². The zero-order chi connectivity index (χ0) is 44.7. The van der Waals surface area contributed by atoms with Crippen molar-refractivity contribution in [1.82, 2.24) is 5.32 Å². The molecule has 0 radical (unpaired) electrons. The molecule has 2 saturated heterocycles. The number of hydrogen-bond acceptors (Lipinski definition) is 13. The second-order valence-electron chi connectivity index (χ2n) is 16.8. The van der Waals surface area contributed by atoms with Gasteiger partial charge < -0.3 is 65.1 Å². The average Bonchev–Trinajstić information content (AvgIpc) is 3.26. The van der Waals surface area contributed by atoms with Gasteiger partial charge in [0.2, 0.25) is 5.91 Å². The standard InChI is InChI=1S/C47H85NO13/c1-3-5-6-7-8-9-10-11-12-13-14-15-16-17-18-19-20-21-22-23-24-25-26-27-28-29-30-31-36(51)35(48-39(52)4-2)34-58-46-44(57)42(55)45(38(33-50)60-46)61-47-43(56)41(54)40(53)37(32-49)59-47/h22-23,26-27,30-31,35-38,40-47,49-51,53-57H,3-21,24-25,28-29,32-34H2,1-2H3,(H,48,52)/b23-22+,27-26+,31-30+. The SMILES string of the molecule is CCCCCCCCCCCCCCCCCCC/C=C/CC/C=C/CC/C=C/C(O)C(COC1OC(CO)C(OC2OC(CO)C(O)C(O)C2O)C(O)C1O)NC(=O)CC. The van der Waals surface area contributed by atoms with Crippen LogP contribution in [0.3, 0.4) is 0 Å². The number of hydrogen-bond donors (Lipinski definition) is 9. The average molecular weight is 872 g/mol. The zero-order valence-corrected chi connectivity index (χ0v) is 37.4. The van der Waals surface area contributed by atoms with Gasteiger partial charge in [-0.05, 0) is 38.5 Å². The summed E-state index contributed by atoms with van der Waals surface area (Å²) in [6, 6.07) is -0.932. The molecular formula is C47H85NO13. The Morgan fingerprint density at radius 2 is 1.03 bits per heavy atom. The molecule has 1 amide bonds. The van der Waals surface area contributed by atoms with Crippen LogP contribution in [0, 0.1) is 0 Å². The minimum Gasteiger partial charge on any atom is -0.394 e. The maximum Gasteiger partial charge on any atom is 0.220 e. The molecule has 0 spiro atoms. The van der Waals surface area contributed by atoms with Crippen molar-refractivity contribution in [3.05, 3.63) is 36.5 Å². The third kappa shape index (κ3) is 22.6. The van der Waals surface area contributed by atoms with E-state index >= 15 is 0 Å². The van der Waals surface area contributed by atoms with Crippen LogP contribution in [0.1, 0.15) is 162 Å². The van der Waals surface area contributed by atoms with E-state index in [4.69, 9.17) is 18.9 Å². The van der Waals surface area contributed by atoms with E-state index < -0.39 is 86.8 Å². The normalized spacial score (nSPS) is 28.3. The summed E-state index contributed by atoms with van der Waals surface area (Å²) in [5.74, 6) is -0.343. The first-order valence-electron chi connectivity index (χ1n) is 23.7. The van der Waals surface area contributed by atoms with Crippen LogP contribution in [0.2, 0.25) is 0 Å². The highest BCUT2D eigenvalue weighted by Gasteiger charge is 2.50. The summed E-state index contributed by atoms with van der Waals surface area (Å²) in [6.45, 7) is 2.18. The van der Waals surface area contributed by atoms with E-state index in [0.29, 0.717) is 6.42 Å². The predicted molar refractivity (Wildman–Crippen MR) is 235 cm³/mol. The molecule has 2 aliphatic heterocycles. The van der Waals surface area contributed by atoms with E-state index in [9.17, 15) is 45.6 Å². The molecule has 2 fully saturated rings. The molecule has 0 aromatic rings. The predicted octanol–water partition coefficient (Wildman–Crippen LogP) is 5.15. The van der Waals surface area contributed by atoms with Crippen LogP contribution in [0.5, 0.6) is 0 Å². The number of carbonyl (C=O) groups excluding carboxylic acids is 1. The zero-order valence-electron chi connectivity index (χ0n) is 37.4. The number of aliphatic hydroxyl groups is 8. The van der Waals surface area contributed by atoms with Gasteiger partial charge in [-0.2, -0.15) is 0 Å². The lowest BCUT2D eigenvalue weighted by atomic mass is 9.97. The fourth-order valence-corrected chi connectivity index (χ4v) is 7.64. The van der Waals surface area contributed by atoms with Crippen molar-refractivity contribution in [2.24, 2.45) is 0 Å². The number of unbranched alkanes of at least 4 members (excludes halogenated alkanes) is 19. The number of ether oxygens (including phenoxy) is 4. The Labute approximate surface area is 366 Å². The van der Waals surface area contributed by atoms with Crippen molar-refractivity contribution in [3.8, 4) is 0 Å². The molecule has 12 unspecified atom stereocenters. The number of aliphatic hydroxyl groups excluding tert-OH is 8. The van der Waals surface area contributed by atoms with Gasteiger partial charge in [0.25, 0.3) is 0 Å². The molecule has 2 rings (SSSR count). The van der Waals surface area contributed by atoms with E-state index in [1.54, 1.807) is 13.0 Å². The Bertz CT molecular complexity index is 1170. The molecule has 2 heterocycles. The molecular weight excluding hydrogens is 787 g/mol. The lowest BCUT2D eigenvalue weighted by Gasteiger charge is -2.46. The summed E-state index contributed by atoms with van der Waals surface area (Å²) in [7, 11) is 0. The van der Waals surface area contributed by atoms with E-state index in [0.717, 1.165) is 25.7 Å². The Morgan fingerprint density at radius 1 is 0.574 bits per heavy atom. The number of allylic oxidation sites excluding steroid dienone is 5. The second-order valence-corrected chi connectivity index (χ2v) is 16.8. The smallest absolute Gasteiger partial charge is 0.220 e. The van der Waals surface area contributed by atoms with Crippen LogP contribution in [0.15, 0.2) is 36.5 Å². The van der Waals surface area contributed by atoms with Gasteiger partial charge in [0.05, 0.1) is 32.0 Å². The Kier molecular flexibility index (Phi) is 31.4. The summed E-state index contributed by atoms with van der Waals surface area (Å²) in [4.78, 5) is 12.3. The van der Waals surface area contributed by atoms with Gasteiger partial charge in [0, 0.05) is 6.42 Å². The number of rotatable bonds is 35. The number of amides is 1. The molecule has 12 atom stereocenters. The van der Waals surface area contributed by atoms with Crippen LogP contribution < -0.4 is 5.32 Å². The summed E-state index contributed by atoms with van der Waals surface area (Å²) < 4.78 is 22.3. The summed E-state index contributed by atoms with van der Waals surface area (Å²) in [5.41, 5.74) is 0. The third-order valence-corrected chi connectivity index (χ3v) is 11.6. The van der Waals surface area contributed by atoms with Gasteiger partial charge in [-0.25, -0.2) is 0 Å². The fraction of sp³-hybridized carbons (Fsp3) is 0.851. The molecule has 0 saturated carbocycles. The maximum absolute atomic E-state index is 12.3. The van der Waals surface area contributed by atoms with Crippen LogP contribution in [0.25, 0.3) is 0 Å². The number of carbonyl (C=O) groups is 1. The highest BCUT2D eigenvalue weighted by molar-refractivity contribution is 5.75. The molecule has 0 aromatic heterocycles. The van der Waals surface area contributed by atoms with Crippen LogP contribution >= 0.6 is 0 Å². The highest BCUT2D eigenvalue weighted by Crippen LogP contribution is 2.30. The molecule has 356 valence electrons. The first-order valence-corrected chi connectivity index (χ1v) is 23.7. The molecule has 14 heteroatoms. The molecule has 2 aliphatic rings. The topological polar surface area (TPSA) is 228 Å². The number of nitrogens with one attached hydrogen (secondary N) is 1. The van der Waals surface area contributed by atoms with Gasteiger partial charge in [-0.3, -0.25) is 4.79 Å². The molecule has 0 aliphatic carbocycles. The molecule has 9 N–H and O–H groups in total. The quantitative estimate of drug-likeness (QED) is 0.0297. The highest BCUT2D eigenvalue weighted by atomic mass is 16.7. The molecule has 0 aromatic carbocycles. The van der Waals surface area contributed by atoms with Crippen LogP contribution in [-0.2, 0) is 23.7 Å². The van der Waals surface area contributed by atoms with Gasteiger partial charge >= 0.3 is 0 Å². The molecule has 0 bridgehead atoms. The Hall–Kier alpha value is -1.79. The van der Waals surface area contributed by atoms with Gasteiger partial charge in [-0.15, -0.1) is 0 Å². The van der Waals surface area contributed by atoms with Crippen molar-refractivity contribution < 1.29 is 64.6 Å². The van der Waals surface area contributed by atoms with Crippen molar-refractivity contribution in [2.75, 3.05) is 19.8 Å². The van der Waals surface area contributed by atoms with Gasteiger partial charge in [0.1, 0.15) is 48.8 Å². The van der Waals surface area contributed by atoms with E-state index in [-0.39, 0.29) is 18.9 Å². The Morgan fingerprint density at radius 3 is 1.54 bits per heavy atom. The maximum atomic E-state index is 12.3. The van der Waals surface area contributed by atoms with Crippen molar-refractivity contribution >= 4 is 5.91 Å². The van der Waals surface area contributed by atoms with Crippen LogP contribution in [0.4, 0.5) is 0 Å². The monoisotopic (exact) mass is 872 g/mol. The van der Waals surface area contributed by atoms with E-state index in [1.165, 1.54) is 109 Å². The first kappa shape index (κ1) is 55.3. The lowest BCUT2D eigenvalue weighted by molar-refractivity contribution is -0.359. The van der Waals surface area contributed by atoms with Gasteiger partial charge in [-0.1, -0.05) is 153 Å². The summed E-state index contributed by atoms with van der Waals surface area (Å²) in [6.07, 6.45) is 23.4. The van der Waals surface area contributed by atoms with Crippen molar-refractivity contribution in [1.29, 1.82) is 0 Å². The van der Waals surface area contributed by atoms with Crippen molar-refractivity contribution in [2.45, 2.75) is 235 Å². The van der Waals surface area contributed by atoms with Gasteiger partial charge in [0.15, 0.2) is 12.6 Å². The van der Waals surface area contributed by atoms with Crippen LogP contribution in [-0.4, -0.2) is 140 Å².